The molecular weight excluding hydrogens is 440 g/mol. The van der Waals surface area contributed by atoms with Gasteiger partial charge in [0.25, 0.3) is 0 Å². The van der Waals surface area contributed by atoms with Crippen LogP contribution in [0.1, 0.15) is 55.5 Å². The van der Waals surface area contributed by atoms with Crippen LogP contribution >= 0.6 is 0 Å². The maximum Gasteiger partial charge on any atom is 0.342 e. The zero-order valence-electron chi connectivity index (χ0n) is 20.1. The Labute approximate surface area is 199 Å². The number of rotatable bonds is 4. The summed E-state index contributed by atoms with van der Waals surface area (Å²) < 4.78 is 34.1. The molecule has 1 aromatic rings. The van der Waals surface area contributed by atoms with Crippen LogP contribution in [0, 0.1) is 5.92 Å². The van der Waals surface area contributed by atoms with Crippen molar-refractivity contribution in [2.45, 2.75) is 63.6 Å². The van der Waals surface area contributed by atoms with Crippen molar-refractivity contribution in [3.8, 4) is 11.5 Å². The van der Waals surface area contributed by atoms with Crippen molar-refractivity contribution >= 4 is 17.8 Å². The summed E-state index contributed by atoms with van der Waals surface area (Å²) >= 11 is 0. The lowest BCUT2D eigenvalue weighted by Crippen LogP contribution is -2.30. The Morgan fingerprint density at radius 3 is 2.65 bits per heavy atom. The molecule has 1 saturated heterocycles. The molecule has 8 heteroatoms. The van der Waals surface area contributed by atoms with E-state index in [0.29, 0.717) is 29.0 Å². The van der Waals surface area contributed by atoms with E-state index in [1.165, 1.54) is 7.11 Å². The van der Waals surface area contributed by atoms with E-state index < -0.39 is 24.0 Å². The monoisotopic (exact) mass is 472 g/mol. The van der Waals surface area contributed by atoms with Crippen molar-refractivity contribution < 1.29 is 38.0 Å². The van der Waals surface area contributed by atoms with Crippen LogP contribution in [0.3, 0.4) is 0 Å². The molecule has 0 aromatic heterocycles. The van der Waals surface area contributed by atoms with E-state index in [1.807, 2.05) is 12.2 Å². The van der Waals surface area contributed by atoms with Crippen LogP contribution in [-0.4, -0.2) is 56.9 Å². The number of methoxy groups -OCH3 is 2. The fraction of sp³-hybridized carbons (Fsp3) is 0.538. The van der Waals surface area contributed by atoms with Gasteiger partial charge < -0.3 is 28.4 Å². The fourth-order valence-electron chi connectivity index (χ4n) is 4.72. The summed E-state index contributed by atoms with van der Waals surface area (Å²) in [5, 5.41) is 0. The van der Waals surface area contributed by atoms with Gasteiger partial charge in [-0.15, -0.1) is 0 Å². The van der Waals surface area contributed by atoms with E-state index in [0.717, 1.165) is 19.3 Å². The van der Waals surface area contributed by atoms with E-state index in [2.05, 4.69) is 0 Å². The minimum atomic E-state index is -0.863. The van der Waals surface area contributed by atoms with Crippen LogP contribution in [0.25, 0.3) is 6.08 Å². The summed E-state index contributed by atoms with van der Waals surface area (Å²) in [6.45, 7) is 3.57. The van der Waals surface area contributed by atoms with Crippen LogP contribution in [-0.2, 0) is 23.7 Å². The maximum absolute atomic E-state index is 13.4. The summed E-state index contributed by atoms with van der Waals surface area (Å²) in [7, 11) is 3.06. The Morgan fingerprint density at radius 1 is 1.06 bits per heavy atom. The molecule has 2 heterocycles. The quantitative estimate of drug-likeness (QED) is 0.479. The van der Waals surface area contributed by atoms with E-state index >= 15 is 0 Å². The Balaban J connectivity index is 1.77. The van der Waals surface area contributed by atoms with Crippen LogP contribution < -0.4 is 9.47 Å². The highest BCUT2D eigenvalue weighted by molar-refractivity contribution is 5.97. The van der Waals surface area contributed by atoms with Gasteiger partial charge in [-0.2, -0.15) is 0 Å². The van der Waals surface area contributed by atoms with Crippen LogP contribution in [0.4, 0.5) is 0 Å². The first-order valence-electron chi connectivity index (χ1n) is 11.6. The molecule has 4 rings (SSSR count). The number of esters is 1. The number of ketones is 1. The molecule has 1 aromatic carbocycles. The number of fused-ring (bicyclic) bond motifs is 3. The molecule has 184 valence electrons. The topological polar surface area (TPSA) is 89.5 Å². The summed E-state index contributed by atoms with van der Waals surface area (Å²) in [5.41, 5.74) is 0.885. The largest absolute Gasteiger partial charge is 0.497 e. The van der Waals surface area contributed by atoms with E-state index in [4.69, 9.17) is 28.4 Å². The van der Waals surface area contributed by atoms with Gasteiger partial charge in [-0.3, -0.25) is 4.79 Å². The second-order valence-corrected chi connectivity index (χ2v) is 9.17. The third-order valence-electron chi connectivity index (χ3n) is 6.28. The third kappa shape index (κ3) is 5.35. The number of ether oxygens (including phenoxy) is 6. The van der Waals surface area contributed by atoms with Crippen LogP contribution in [0.5, 0.6) is 11.5 Å². The number of benzene rings is 1. The van der Waals surface area contributed by atoms with E-state index in [-0.39, 0.29) is 24.6 Å². The number of hydrogen-bond acceptors (Lipinski definition) is 8. The maximum atomic E-state index is 13.4. The first-order valence-corrected chi connectivity index (χ1v) is 11.6. The molecule has 1 saturated carbocycles. The Bertz CT molecular complexity index is 979. The average Bonchev–Trinajstić information content (AvgIpc) is 3.37. The summed E-state index contributed by atoms with van der Waals surface area (Å²) in [5.74, 6) is -0.697. The van der Waals surface area contributed by atoms with Gasteiger partial charge in [-0.1, -0.05) is 18.2 Å². The molecule has 0 N–H and O–H groups in total. The standard InChI is InChI=1S/C26H32O8/c1-26(2)33-21-10-6-8-17-13-18(30-4)14-22(31-15-29-3)23(17)25(28)32-20-9-5-7-16(20)11-12-19(27)24(21)34-26/h6,8,11-14,16,20-21,24H,5,7,9-10,15H2,1-4H3/b8-6?,12-11-/t16-,20+,21-,24+/m0/s1. The molecule has 8 nitrogen and oxygen atoms in total. The minimum Gasteiger partial charge on any atom is -0.497 e. The molecule has 1 aliphatic carbocycles. The van der Waals surface area contributed by atoms with Crippen molar-refractivity contribution in [3.63, 3.8) is 0 Å². The van der Waals surface area contributed by atoms with Crippen molar-refractivity contribution in [2.75, 3.05) is 21.0 Å². The molecule has 0 amide bonds. The summed E-state index contributed by atoms with van der Waals surface area (Å²) in [4.78, 5) is 26.3. The molecule has 4 atom stereocenters. The predicted octanol–water partition coefficient (Wildman–Crippen LogP) is 4.07. The second kappa shape index (κ2) is 10.3. The number of hydrogen-bond donors (Lipinski definition) is 0. The molecule has 0 radical (unpaired) electrons. The average molecular weight is 473 g/mol. The second-order valence-electron chi connectivity index (χ2n) is 9.17. The first-order chi connectivity index (χ1) is 16.3. The van der Waals surface area contributed by atoms with Crippen molar-refractivity contribution in [1.82, 2.24) is 0 Å². The van der Waals surface area contributed by atoms with Crippen molar-refractivity contribution in [3.05, 3.63) is 41.5 Å². The van der Waals surface area contributed by atoms with E-state index in [9.17, 15) is 9.59 Å². The SMILES string of the molecule is COCOc1cc(OC)cc2c1C(=O)O[C@@H]1CCC[C@H]1/C=C\C(=O)[C@H]1OC(C)(C)O[C@H]1CC=C2. The van der Waals surface area contributed by atoms with Gasteiger partial charge in [-0.25, -0.2) is 4.79 Å². The molecule has 2 aliphatic heterocycles. The van der Waals surface area contributed by atoms with Gasteiger partial charge in [0.1, 0.15) is 29.3 Å². The molecular formula is C26H32O8. The van der Waals surface area contributed by atoms with Gasteiger partial charge in [0.15, 0.2) is 18.4 Å². The van der Waals surface area contributed by atoms with Crippen LogP contribution in [0.2, 0.25) is 0 Å². The fourth-order valence-corrected chi connectivity index (χ4v) is 4.72. The van der Waals surface area contributed by atoms with Gasteiger partial charge in [0.05, 0.1) is 13.2 Å². The lowest BCUT2D eigenvalue weighted by molar-refractivity contribution is -0.152. The molecule has 0 unspecified atom stereocenters. The summed E-state index contributed by atoms with van der Waals surface area (Å²) in [6.07, 6.45) is 8.45. The van der Waals surface area contributed by atoms with Gasteiger partial charge in [0, 0.05) is 19.1 Å². The highest BCUT2D eigenvalue weighted by atomic mass is 16.8. The molecule has 0 bridgehead atoms. The Morgan fingerprint density at radius 2 is 1.88 bits per heavy atom. The number of carbonyl (C=O) groups is 2. The van der Waals surface area contributed by atoms with E-state index in [1.54, 1.807) is 45.2 Å². The lowest BCUT2D eigenvalue weighted by Gasteiger charge is -2.21. The zero-order valence-corrected chi connectivity index (χ0v) is 20.1. The minimum absolute atomic E-state index is 0.0302. The Hall–Kier alpha value is -2.68. The smallest absolute Gasteiger partial charge is 0.342 e. The molecule has 3 aliphatic rings. The van der Waals surface area contributed by atoms with Crippen molar-refractivity contribution in [2.24, 2.45) is 5.92 Å². The molecule has 2 fully saturated rings. The highest BCUT2D eigenvalue weighted by Gasteiger charge is 2.44. The van der Waals surface area contributed by atoms with Gasteiger partial charge >= 0.3 is 5.97 Å². The first kappa shape index (κ1) is 24.4. The van der Waals surface area contributed by atoms with Crippen LogP contribution in [0.15, 0.2) is 30.4 Å². The predicted molar refractivity (Wildman–Crippen MR) is 124 cm³/mol. The number of carbonyl (C=O) groups excluding carboxylic acids is 2. The normalized spacial score (nSPS) is 29.4. The molecule has 34 heavy (non-hydrogen) atoms. The zero-order chi connectivity index (χ0) is 24.3. The summed E-state index contributed by atoms with van der Waals surface area (Å²) in [6, 6.07) is 3.40. The third-order valence-corrected chi connectivity index (χ3v) is 6.28. The molecule has 0 spiro atoms. The van der Waals surface area contributed by atoms with Crippen molar-refractivity contribution in [1.29, 1.82) is 0 Å². The van der Waals surface area contributed by atoms with Gasteiger partial charge in [-0.05, 0) is 57.2 Å². The van der Waals surface area contributed by atoms with Gasteiger partial charge in [0.2, 0.25) is 0 Å². The lowest BCUT2D eigenvalue weighted by atomic mass is 9.99. The Kier molecular flexibility index (Phi) is 7.40. The highest BCUT2D eigenvalue weighted by Crippen LogP contribution is 2.36.